The van der Waals surface area contributed by atoms with Crippen molar-refractivity contribution in [2.24, 2.45) is 0 Å². The molecule has 1 rings (SSSR count). The van der Waals surface area contributed by atoms with E-state index in [9.17, 15) is 0 Å². The largest absolute Gasteiger partial charge is 0.491 e. The van der Waals surface area contributed by atoms with E-state index in [2.05, 4.69) is 19.2 Å². The Morgan fingerprint density at radius 1 is 1.11 bits per heavy atom. The van der Waals surface area contributed by atoms with Gasteiger partial charge in [0, 0.05) is 18.3 Å². The number of benzene rings is 1. The van der Waals surface area contributed by atoms with Gasteiger partial charge in [-0.05, 0) is 25.0 Å². The molecule has 0 aliphatic carbocycles. The Balaban J connectivity index is 2.40. The van der Waals surface area contributed by atoms with E-state index in [4.69, 9.17) is 10.5 Å². The molecule has 0 aromatic heterocycles. The number of rotatable bonds is 9. The fourth-order valence-electron chi connectivity index (χ4n) is 1.77. The van der Waals surface area contributed by atoms with Crippen LogP contribution in [-0.4, -0.2) is 13.2 Å². The van der Waals surface area contributed by atoms with E-state index in [1.165, 1.54) is 25.7 Å². The summed E-state index contributed by atoms with van der Waals surface area (Å²) in [7, 11) is 0. The summed E-state index contributed by atoms with van der Waals surface area (Å²) in [5.41, 5.74) is 7.67. The van der Waals surface area contributed by atoms with Crippen molar-refractivity contribution in [2.45, 2.75) is 46.0 Å². The van der Waals surface area contributed by atoms with E-state index in [-0.39, 0.29) is 0 Å². The van der Waals surface area contributed by atoms with Gasteiger partial charge in [-0.3, -0.25) is 0 Å². The van der Waals surface area contributed by atoms with E-state index < -0.39 is 0 Å². The van der Waals surface area contributed by atoms with Crippen molar-refractivity contribution in [3.63, 3.8) is 0 Å². The second-order valence-corrected chi connectivity index (χ2v) is 4.59. The summed E-state index contributed by atoms with van der Waals surface area (Å²) in [6.07, 6.45) is 6.08. The Morgan fingerprint density at radius 3 is 2.67 bits per heavy atom. The van der Waals surface area contributed by atoms with Crippen LogP contribution in [0.15, 0.2) is 18.2 Å². The zero-order chi connectivity index (χ0) is 13.2. The Morgan fingerprint density at radius 2 is 1.94 bits per heavy atom. The van der Waals surface area contributed by atoms with Gasteiger partial charge in [0.05, 0.1) is 12.3 Å². The molecule has 0 saturated heterocycles. The van der Waals surface area contributed by atoms with Crippen LogP contribution in [0, 0.1) is 0 Å². The molecule has 0 spiro atoms. The van der Waals surface area contributed by atoms with Gasteiger partial charge in [0.15, 0.2) is 0 Å². The maximum Gasteiger partial charge on any atom is 0.144 e. The molecule has 1 aromatic rings. The van der Waals surface area contributed by atoms with Crippen LogP contribution >= 0.6 is 0 Å². The maximum atomic E-state index is 5.87. The molecule has 0 unspecified atom stereocenters. The molecule has 0 aliphatic rings. The quantitative estimate of drug-likeness (QED) is 0.513. The minimum Gasteiger partial charge on any atom is -0.491 e. The fourth-order valence-corrected chi connectivity index (χ4v) is 1.77. The monoisotopic (exact) mass is 250 g/mol. The molecule has 0 heterocycles. The lowest BCUT2D eigenvalue weighted by Gasteiger charge is -2.11. The van der Waals surface area contributed by atoms with Crippen molar-refractivity contribution in [3.8, 4) is 5.75 Å². The number of ether oxygens (including phenoxy) is 1. The third-order valence-electron chi connectivity index (χ3n) is 2.83. The van der Waals surface area contributed by atoms with E-state index in [1.54, 1.807) is 0 Å². The topological polar surface area (TPSA) is 47.3 Å². The minimum absolute atomic E-state index is 0.708. The highest BCUT2D eigenvalue weighted by Crippen LogP contribution is 2.25. The maximum absolute atomic E-state index is 5.87. The van der Waals surface area contributed by atoms with Crippen LogP contribution in [0.25, 0.3) is 0 Å². The van der Waals surface area contributed by atoms with Gasteiger partial charge in [0.2, 0.25) is 0 Å². The number of hydrogen-bond donors (Lipinski definition) is 2. The van der Waals surface area contributed by atoms with Gasteiger partial charge in [0.1, 0.15) is 5.75 Å². The second-order valence-electron chi connectivity index (χ2n) is 4.59. The molecule has 0 aliphatic heterocycles. The lowest BCUT2D eigenvalue weighted by molar-refractivity contribution is 0.319. The number of nitrogens with two attached hydrogens (primary N) is 1. The molecule has 3 N–H and O–H groups in total. The molecule has 0 saturated carbocycles. The lowest BCUT2D eigenvalue weighted by Crippen LogP contribution is -2.03. The first-order valence-electron chi connectivity index (χ1n) is 7.04. The highest BCUT2D eigenvalue weighted by molar-refractivity contribution is 5.61. The number of anilines is 2. The third kappa shape index (κ3) is 5.30. The Kier molecular flexibility index (Phi) is 7.07. The first kappa shape index (κ1) is 14.7. The standard InChI is InChI=1S/C15H26N2O/c1-3-5-6-7-10-17-13-8-9-14(16)15(12-13)18-11-4-2/h8-9,12,17H,3-7,10-11,16H2,1-2H3. The van der Waals surface area contributed by atoms with E-state index >= 15 is 0 Å². The summed E-state index contributed by atoms with van der Waals surface area (Å²) in [6, 6.07) is 5.90. The first-order valence-corrected chi connectivity index (χ1v) is 7.04. The molecule has 3 nitrogen and oxygen atoms in total. The zero-order valence-corrected chi connectivity index (χ0v) is 11.7. The molecule has 0 bridgehead atoms. The van der Waals surface area contributed by atoms with Crippen molar-refractivity contribution < 1.29 is 4.74 Å². The van der Waals surface area contributed by atoms with Crippen LogP contribution < -0.4 is 15.8 Å². The summed E-state index contributed by atoms with van der Waals surface area (Å²) in [5.74, 6) is 0.787. The summed E-state index contributed by atoms with van der Waals surface area (Å²) < 4.78 is 5.61. The van der Waals surface area contributed by atoms with E-state index in [1.807, 2.05) is 18.2 Å². The van der Waals surface area contributed by atoms with Crippen molar-refractivity contribution in [1.82, 2.24) is 0 Å². The van der Waals surface area contributed by atoms with Gasteiger partial charge in [-0.25, -0.2) is 0 Å². The van der Waals surface area contributed by atoms with Crippen LogP contribution in [0.5, 0.6) is 5.75 Å². The minimum atomic E-state index is 0.708. The average Bonchev–Trinajstić information content (AvgIpc) is 2.39. The Hall–Kier alpha value is -1.38. The van der Waals surface area contributed by atoms with Gasteiger partial charge in [-0.2, -0.15) is 0 Å². The van der Waals surface area contributed by atoms with Crippen molar-refractivity contribution in [2.75, 3.05) is 24.2 Å². The molecule has 0 amide bonds. The molecular formula is C15H26N2O. The number of nitrogen functional groups attached to an aromatic ring is 1. The molecule has 0 radical (unpaired) electrons. The first-order chi connectivity index (χ1) is 8.77. The van der Waals surface area contributed by atoms with E-state index in [0.717, 1.165) is 24.4 Å². The smallest absolute Gasteiger partial charge is 0.144 e. The van der Waals surface area contributed by atoms with Gasteiger partial charge < -0.3 is 15.8 Å². The average molecular weight is 250 g/mol. The summed E-state index contributed by atoms with van der Waals surface area (Å²) >= 11 is 0. The SMILES string of the molecule is CCCCCCNc1ccc(N)c(OCCC)c1. The molecule has 3 heteroatoms. The van der Waals surface area contributed by atoms with Crippen LogP contribution in [-0.2, 0) is 0 Å². The molecule has 1 aromatic carbocycles. The van der Waals surface area contributed by atoms with Crippen LogP contribution in [0.3, 0.4) is 0 Å². The van der Waals surface area contributed by atoms with Crippen molar-refractivity contribution >= 4 is 11.4 Å². The van der Waals surface area contributed by atoms with Crippen LogP contribution in [0.2, 0.25) is 0 Å². The molecule has 102 valence electrons. The summed E-state index contributed by atoms with van der Waals surface area (Å²) in [4.78, 5) is 0. The van der Waals surface area contributed by atoms with Gasteiger partial charge >= 0.3 is 0 Å². The fraction of sp³-hybridized carbons (Fsp3) is 0.600. The lowest BCUT2D eigenvalue weighted by atomic mass is 10.2. The Bertz CT molecular complexity index is 339. The predicted molar refractivity (Wildman–Crippen MR) is 79.3 cm³/mol. The number of unbranched alkanes of at least 4 members (excludes halogenated alkanes) is 3. The molecule has 0 atom stereocenters. The zero-order valence-electron chi connectivity index (χ0n) is 11.7. The highest BCUT2D eigenvalue weighted by atomic mass is 16.5. The molecular weight excluding hydrogens is 224 g/mol. The second kappa shape index (κ2) is 8.67. The van der Waals surface area contributed by atoms with E-state index in [0.29, 0.717) is 12.3 Å². The highest BCUT2D eigenvalue weighted by Gasteiger charge is 2.01. The predicted octanol–water partition coefficient (Wildman–Crippen LogP) is 4.05. The van der Waals surface area contributed by atoms with Crippen LogP contribution in [0.4, 0.5) is 11.4 Å². The molecule has 18 heavy (non-hydrogen) atoms. The summed E-state index contributed by atoms with van der Waals surface area (Å²) in [5, 5.41) is 3.41. The van der Waals surface area contributed by atoms with Crippen molar-refractivity contribution in [1.29, 1.82) is 0 Å². The van der Waals surface area contributed by atoms with Crippen LogP contribution in [0.1, 0.15) is 46.0 Å². The van der Waals surface area contributed by atoms with Gasteiger partial charge in [0.25, 0.3) is 0 Å². The summed E-state index contributed by atoms with van der Waals surface area (Å²) in [6.45, 7) is 6.04. The van der Waals surface area contributed by atoms with Crippen molar-refractivity contribution in [3.05, 3.63) is 18.2 Å². The Labute approximate surface area is 111 Å². The van der Waals surface area contributed by atoms with Gasteiger partial charge in [-0.1, -0.05) is 33.1 Å². The number of nitrogens with one attached hydrogen (secondary N) is 1. The normalized spacial score (nSPS) is 10.3. The molecule has 0 fully saturated rings. The number of hydrogen-bond acceptors (Lipinski definition) is 3. The van der Waals surface area contributed by atoms with Gasteiger partial charge in [-0.15, -0.1) is 0 Å². The third-order valence-corrected chi connectivity index (χ3v) is 2.83.